The van der Waals surface area contributed by atoms with E-state index < -0.39 is 0 Å². The van der Waals surface area contributed by atoms with Gasteiger partial charge in [-0.1, -0.05) is 41.6 Å². The van der Waals surface area contributed by atoms with Gasteiger partial charge in [-0.3, -0.25) is 5.43 Å². The molecular weight excluding hydrogens is 311 g/mol. The molecule has 0 aliphatic carbocycles. The predicted molar refractivity (Wildman–Crippen MR) is 89.8 cm³/mol. The number of hydrogen-bond acceptors (Lipinski definition) is 4. The molecule has 6 heteroatoms. The van der Waals surface area contributed by atoms with Gasteiger partial charge in [-0.15, -0.1) is 10.2 Å². The summed E-state index contributed by atoms with van der Waals surface area (Å²) < 4.78 is 14.9. The van der Waals surface area contributed by atoms with Crippen LogP contribution in [0.2, 0.25) is 0 Å². The first-order valence-electron chi connectivity index (χ1n) is 7.13. The molecule has 1 N–H and O–H groups in total. The molecule has 4 nitrogen and oxygen atoms in total. The van der Waals surface area contributed by atoms with Gasteiger partial charge in [0.1, 0.15) is 5.82 Å². The number of aromatic nitrogens is 3. The third-order valence-corrected chi connectivity index (χ3v) is 4.44. The van der Waals surface area contributed by atoms with Crippen LogP contribution in [0.3, 0.4) is 0 Å². The van der Waals surface area contributed by atoms with Crippen molar-refractivity contribution in [1.29, 1.82) is 0 Å². The third-order valence-electron chi connectivity index (χ3n) is 3.61. The van der Waals surface area contributed by atoms with Crippen LogP contribution in [0.1, 0.15) is 11.1 Å². The average Bonchev–Trinajstić information content (AvgIpc) is 2.99. The van der Waals surface area contributed by atoms with Crippen LogP contribution >= 0.6 is 11.8 Å². The maximum absolute atomic E-state index is 13.1. The summed E-state index contributed by atoms with van der Waals surface area (Å²) in [4.78, 5) is 0. The Morgan fingerprint density at radius 3 is 2.39 bits per heavy atom. The summed E-state index contributed by atoms with van der Waals surface area (Å²) in [5.74, 6) is 0.503. The average molecular weight is 324 g/mol. The van der Waals surface area contributed by atoms with Gasteiger partial charge in [0.25, 0.3) is 0 Å². The van der Waals surface area contributed by atoms with Gasteiger partial charge in [-0.05, 0) is 31.2 Å². The quantitative estimate of drug-likeness (QED) is 0.772. The maximum Gasteiger partial charge on any atom is 0.214 e. The molecule has 23 heavy (non-hydrogen) atoms. The van der Waals surface area contributed by atoms with Gasteiger partial charge in [-0.2, -0.15) is 0 Å². The van der Waals surface area contributed by atoms with Crippen LogP contribution in [0.25, 0.3) is 17.1 Å². The zero-order valence-corrected chi connectivity index (χ0v) is 13.1. The highest BCUT2D eigenvalue weighted by molar-refractivity contribution is 8.02. The molecule has 1 aliphatic rings. The monoisotopic (exact) mass is 324 g/mol. The minimum Gasteiger partial charge on any atom is -0.289 e. The topological polar surface area (TPSA) is 42.7 Å². The molecule has 0 fully saturated rings. The molecule has 0 saturated carbocycles. The molecule has 0 unspecified atom stereocenters. The SMILES string of the molecule is Cc1ccc(-c2nnc3n2NC(c2ccc(F)cc2)=CS3)cc1. The molecule has 2 heterocycles. The highest BCUT2D eigenvalue weighted by atomic mass is 32.2. The molecule has 3 aromatic rings. The standard InChI is InChI=1S/C17H13FN4S/c1-11-2-4-13(5-3-11)16-19-20-17-22(16)21-15(10-23-17)12-6-8-14(18)9-7-12/h2-10,21H,1H3. The zero-order chi connectivity index (χ0) is 15.8. The first kappa shape index (κ1) is 14.0. The van der Waals surface area contributed by atoms with E-state index >= 15 is 0 Å². The lowest BCUT2D eigenvalue weighted by atomic mass is 10.1. The summed E-state index contributed by atoms with van der Waals surface area (Å²) in [6.07, 6.45) is 0. The highest BCUT2D eigenvalue weighted by Gasteiger charge is 2.19. The van der Waals surface area contributed by atoms with E-state index in [0.717, 1.165) is 27.8 Å². The third kappa shape index (κ3) is 2.61. The van der Waals surface area contributed by atoms with Crippen molar-refractivity contribution >= 4 is 17.5 Å². The van der Waals surface area contributed by atoms with Crippen molar-refractivity contribution in [3.8, 4) is 11.4 Å². The maximum atomic E-state index is 13.1. The van der Waals surface area contributed by atoms with Crippen LogP contribution in [0.4, 0.5) is 4.39 Å². The summed E-state index contributed by atoms with van der Waals surface area (Å²) in [6, 6.07) is 14.5. The van der Waals surface area contributed by atoms with Gasteiger partial charge in [0, 0.05) is 16.5 Å². The van der Waals surface area contributed by atoms with Crippen LogP contribution in [-0.2, 0) is 0 Å². The molecule has 2 aromatic carbocycles. The molecular formula is C17H13FN4S. The largest absolute Gasteiger partial charge is 0.289 e. The van der Waals surface area contributed by atoms with Gasteiger partial charge in [-0.25, -0.2) is 9.07 Å². The number of fused-ring (bicyclic) bond motifs is 1. The summed E-state index contributed by atoms with van der Waals surface area (Å²) in [5, 5.41) is 11.2. The zero-order valence-electron chi connectivity index (χ0n) is 12.3. The van der Waals surface area contributed by atoms with E-state index in [4.69, 9.17) is 0 Å². The second kappa shape index (κ2) is 5.55. The Morgan fingerprint density at radius 1 is 0.957 bits per heavy atom. The number of nitrogens with one attached hydrogen (secondary N) is 1. The Kier molecular flexibility index (Phi) is 3.38. The smallest absolute Gasteiger partial charge is 0.214 e. The van der Waals surface area contributed by atoms with E-state index in [1.807, 2.05) is 41.3 Å². The molecule has 4 rings (SSSR count). The number of benzene rings is 2. The van der Waals surface area contributed by atoms with Crippen molar-refractivity contribution in [3.05, 3.63) is 70.9 Å². The summed E-state index contributed by atoms with van der Waals surface area (Å²) in [7, 11) is 0. The molecule has 0 spiro atoms. The number of thioether (sulfide) groups is 1. The summed E-state index contributed by atoms with van der Waals surface area (Å²) in [6.45, 7) is 2.05. The fraction of sp³-hybridized carbons (Fsp3) is 0.0588. The minimum atomic E-state index is -0.247. The minimum absolute atomic E-state index is 0.247. The van der Waals surface area contributed by atoms with Gasteiger partial charge in [0.15, 0.2) is 5.82 Å². The van der Waals surface area contributed by atoms with Crippen LogP contribution in [-0.4, -0.2) is 14.9 Å². The van der Waals surface area contributed by atoms with E-state index in [1.165, 1.54) is 29.5 Å². The van der Waals surface area contributed by atoms with Gasteiger partial charge in [0.2, 0.25) is 5.16 Å². The Labute approximate surface area is 137 Å². The van der Waals surface area contributed by atoms with Crippen LogP contribution in [0.5, 0.6) is 0 Å². The molecule has 1 aliphatic heterocycles. The number of aryl methyl sites for hydroxylation is 1. The van der Waals surface area contributed by atoms with Crippen LogP contribution in [0.15, 0.2) is 59.1 Å². The lowest BCUT2D eigenvalue weighted by molar-refractivity contribution is 0.627. The number of halogens is 1. The van der Waals surface area contributed by atoms with Crippen molar-refractivity contribution in [2.75, 3.05) is 5.43 Å². The van der Waals surface area contributed by atoms with Crippen LogP contribution < -0.4 is 5.43 Å². The molecule has 0 amide bonds. The number of nitrogens with zero attached hydrogens (tertiary/aromatic N) is 3. The van der Waals surface area contributed by atoms with Gasteiger partial charge >= 0.3 is 0 Å². The molecule has 0 bridgehead atoms. The van der Waals surface area contributed by atoms with Crippen molar-refractivity contribution in [2.45, 2.75) is 12.1 Å². The van der Waals surface area contributed by atoms with Crippen molar-refractivity contribution in [2.24, 2.45) is 0 Å². The highest BCUT2D eigenvalue weighted by Crippen LogP contribution is 2.31. The molecule has 114 valence electrons. The van der Waals surface area contributed by atoms with E-state index in [9.17, 15) is 4.39 Å². The second-order valence-electron chi connectivity index (χ2n) is 5.28. The van der Waals surface area contributed by atoms with Crippen LogP contribution in [0, 0.1) is 12.7 Å². The van der Waals surface area contributed by atoms with Crippen molar-refractivity contribution < 1.29 is 4.39 Å². The lowest BCUT2D eigenvalue weighted by Gasteiger charge is -2.19. The number of rotatable bonds is 2. The van der Waals surface area contributed by atoms with E-state index in [2.05, 4.69) is 15.6 Å². The lowest BCUT2D eigenvalue weighted by Crippen LogP contribution is -2.18. The van der Waals surface area contributed by atoms with Crippen molar-refractivity contribution in [1.82, 2.24) is 14.9 Å². The molecule has 0 atom stereocenters. The van der Waals surface area contributed by atoms with Gasteiger partial charge in [0.05, 0.1) is 5.70 Å². The summed E-state index contributed by atoms with van der Waals surface area (Å²) in [5.41, 5.74) is 7.28. The molecule has 1 aromatic heterocycles. The molecule has 0 saturated heterocycles. The molecule has 0 radical (unpaired) electrons. The predicted octanol–water partition coefficient (Wildman–Crippen LogP) is 4.04. The van der Waals surface area contributed by atoms with E-state index in [-0.39, 0.29) is 5.82 Å². The first-order chi connectivity index (χ1) is 11.2. The Bertz CT molecular complexity index is 882. The van der Waals surface area contributed by atoms with Gasteiger partial charge < -0.3 is 0 Å². The normalized spacial score (nSPS) is 13.2. The van der Waals surface area contributed by atoms with Crippen molar-refractivity contribution in [3.63, 3.8) is 0 Å². The Hall–Kier alpha value is -2.60. The van der Waals surface area contributed by atoms with E-state index in [0.29, 0.717) is 0 Å². The Morgan fingerprint density at radius 2 is 1.65 bits per heavy atom. The second-order valence-corrected chi connectivity index (χ2v) is 6.11. The number of hydrogen-bond donors (Lipinski definition) is 1. The fourth-order valence-corrected chi connectivity index (χ4v) is 3.09. The van der Waals surface area contributed by atoms with E-state index in [1.54, 1.807) is 12.1 Å². The summed E-state index contributed by atoms with van der Waals surface area (Å²) >= 11 is 1.49. The fourth-order valence-electron chi connectivity index (χ4n) is 2.36. The Balaban J connectivity index is 1.69. The first-order valence-corrected chi connectivity index (χ1v) is 8.01.